The number of aryl methyl sites for hydroxylation is 2. The van der Waals surface area contributed by atoms with Crippen molar-refractivity contribution in [2.24, 2.45) is 11.7 Å². The lowest BCUT2D eigenvalue weighted by Crippen LogP contribution is -2.37. The van der Waals surface area contributed by atoms with E-state index in [2.05, 4.69) is 17.9 Å². The van der Waals surface area contributed by atoms with Crippen LogP contribution in [0.1, 0.15) is 43.0 Å². The molecule has 0 spiro atoms. The van der Waals surface area contributed by atoms with Crippen molar-refractivity contribution in [3.8, 4) is 0 Å². The third-order valence-electron chi connectivity index (χ3n) is 4.92. The fourth-order valence-corrected chi connectivity index (χ4v) is 3.62. The maximum atomic E-state index is 9.67. The van der Waals surface area contributed by atoms with Crippen molar-refractivity contribution in [1.82, 2.24) is 4.98 Å². The number of nitrogens with two attached hydrogens (primary N) is 1. The van der Waals surface area contributed by atoms with Crippen LogP contribution in [0, 0.1) is 5.92 Å². The first-order valence-electron chi connectivity index (χ1n) is 7.83. The Morgan fingerprint density at radius 1 is 1.40 bits per heavy atom. The Morgan fingerprint density at radius 2 is 2.20 bits per heavy atom. The van der Waals surface area contributed by atoms with Crippen LogP contribution in [-0.2, 0) is 19.4 Å². The van der Waals surface area contributed by atoms with Crippen LogP contribution in [0.2, 0.25) is 0 Å². The highest BCUT2D eigenvalue weighted by molar-refractivity contribution is 5.52. The van der Waals surface area contributed by atoms with E-state index < -0.39 is 0 Å². The standard InChI is InChI=1S/C16H25N3O/c1-11-6-7-19(15(11)10-20)16-13(9-17)8-12-4-2-3-5-14(12)18-16/h8,11,15,20H,2-7,9-10,17H2,1H3. The van der Waals surface area contributed by atoms with Crippen molar-refractivity contribution in [2.75, 3.05) is 18.1 Å². The molecule has 3 rings (SSSR count). The molecule has 4 heteroatoms. The quantitative estimate of drug-likeness (QED) is 0.880. The molecule has 1 saturated heterocycles. The predicted octanol–water partition coefficient (Wildman–Crippen LogP) is 1.63. The normalized spacial score (nSPS) is 25.9. The van der Waals surface area contributed by atoms with Gasteiger partial charge >= 0.3 is 0 Å². The lowest BCUT2D eigenvalue weighted by atomic mass is 9.94. The van der Waals surface area contributed by atoms with E-state index in [1.54, 1.807) is 0 Å². The van der Waals surface area contributed by atoms with Crippen molar-refractivity contribution in [3.63, 3.8) is 0 Å². The largest absolute Gasteiger partial charge is 0.394 e. The molecule has 0 saturated carbocycles. The summed E-state index contributed by atoms with van der Waals surface area (Å²) in [5.41, 5.74) is 9.71. The third-order valence-corrected chi connectivity index (χ3v) is 4.92. The van der Waals surface area contributed by atoms with E-state index >= 15 is 0 Å². The number of aromatic nitrogens is 1. The summed E-state index contributed by atoms with van der Waals surface area (Å²) in [6, 6.07) is 2.45. The van der Waals surface area contributed by atoms with Gasteiger partial charge in [-0.25, -0.2) is 4.98 Å². The smallest absolute Gasteiger partial charge is 0.133 e. The Balaban J connectivity index is 1.99. The van der Waals surface area contributed by atoms with Crippen LogP contribution in [-0.4, -0.2) is 29.3 Å². The molecule has 1 fully saturated rings. The second-order valence-corrected chi connectivity index (χ2v) is 6.20. The second kappa shape index (κ2) is 5.70. The van der Waals surface area contributed by atoms with Crippen LogP contribution in [0.3, 0.4) is 0 Å². The maximum absolute atomic E-state index is 9.67. The number of pyridine rings is 1. The molecule has 0 amide bonds. The van der Waals surface area contributed by atoms with E-state index in [1.165, 1.54) is 24.1 Å². The van der Waals surface area contributed by atoms with Crippen LogP contribution in [0.25, 0.3) is 0 Å². The first-order valence-corrected chi connectivity index (χ1v) is 7.83. The van der Waals surface area contributed by atoms with Crippen molar-refractivity contribution in [1.29, 1.82) is 0 Å². The maximum Gasteiger partial charge on any atom is 0.133 e. The van der Waals surface area contributed by atoms with Gasteiger partial charge in [0.1, 0.15) is 5.82 Å². The van der Waals surface area contributed by atoms with Crippen LogP contribution in [0.15, 0.2) is 6.07 Å². The fraction of sp³-hybridized carbons (Fsp3) is 0.688. The monoisotopic (exact) mass is 275 g/mol. The Labute approximate surface area is 121 Å². The zero-order chi connectivity index (χ0) is 14.1. The van der Waals surface area contributed by atoms with E-state index in [4.69, 9.17) is 10.7 Å². The molecule has 0 radical (unpaired) electrons. The highest BCUT2D eigenvalue weighted by atomic mass is 16.3. The van der Waals surface area contributed by atoms with Crippen LogP contribution >= 0.6 is 0 Å². The van der Waals surface area contributed by atoms with E-state index in [9.17, 15) is 5.11 Å². The van der Waals surface area contributed by atoms with Gasteiger partial charge in [0.15, 0.2) is 0 Å². The molecule has 1 aliphatic heterocycles. The Hall–Kier alpha value is -1.13. The van der Waals surface area contributed by atoms with E-state index in [0.29, 0.717) is 12.5 Å². The topological polar surface area (TPSA) is 62.4 Å². The molecule has 3 N–H and O–H groups in total. The number of hydrogen-bond donors (Lipinski definition) is 2. The Kier molecular flexibility index (Phi) is 3.94. The van der Waals surface area contributed by atoms with E-state index in [-0.39, 0.29) is 12.6 Å². The van der Waals surface area contributed by atoms with Gasteiger partial charge in [0.05, 0.1) is 12.6 Å². The first kappa shape index (κ1) is 13.8. The first-order chi connectivity index (χ1) is 9.74. The summed E-state index contributed by atoms with van der Waals surface area (Å²) in [7, 11) is 0. The summed E-state index contributed by atoms with van der Waals surface area (Å²) in [4.78, 5) is 7.21. The Morgan fingerprint density at radius 3 is 2.95 bits per heavy atom. The molecular formula is C16H25N3O. The van der Waals surface area contributed by atoms with Gasteiger partial charge in [-0.05, 0) is 49.7 Å². The summed E-state index contributed by atoms with van der Waals surface area (Å²) in [5.74, 6) is 1.54. The third kappa shape index (κ3) is 2.31. The van der Waals surface area contributed by atoms with Gasteiger partial charge in [-0.1, -0.05) is 6.92 Å². The lowest BCUT2D eigenvalue weighted by Gasteiger charge is -2.29. The Bertz CT molecular complexity index is 489. The summed E-state index contributed by atoms with van der Waals surface area (Å²) in [5, 5.41) is 9.67. The summed E-state index contributed by atoms with van der Waals surface area (Å²) in [6.07, 6.45) is 5.84. The second-order valence-electron chi connectivity index (χ2n) is 6.20. The SMILES string of the molecule is CC1CCN(c2nc3c(cc2CN)CCCC3)C1CO. The highest BCUT2D eigenvalue weighted by Gasteiger charge is 2.33. The van der Waals surface area contributed by atoms with E-state index in [0.717, 1.165) is 37.2 Å². The van der Waals surface area contributed by atoms with Gasteiger partial charge in [-0.3, -0.25) is 0 Å². The van der Waals surface area contributed by atoms with Crippen LogP contribution < -0.4 is 10.6 Å². The van der Waals surface area contributed by atoms with Gasteiger partial charge in [0, 0.05) is 24.3 Å². The molecule has 1 aromatic heterocycles. The van der Waals surface area contributed by atoms with Crippen molar-refractivity contribution in [2.45, 2.75) is 51.6 Å². The number of nitrogens with zero attached hydrogens (tertiary/aromatic N) is 2. The van der Waals surface area contributed by atoms with Gasteiger partial charge in [-0.15, -0.1) is 0 Å². The molecule has 1 aliphatic carbocycles. The number of hydrogen-bond acceptors (Lipinski definition) is 4. The lowest BCUT2D eigenvalue weighted by molar-refractivity contribution is 0.244. The van der Waals surface area contributed by atoms with Crippen LogP contribution in [0.4, 0.5) is 5.82 Å². The zero-order valence-electron chi connectivity index (χ0n) is 12.3. The molecule has 2 unspecified atom stereocenters. The zero-order valence-corrected chi connectivity index (χ0v) is 12.3. The molecule has 4 nitrogen and oxygen atoms in total. The van der Waals surface area contributed by atoms with E-state index in [1.807, 2.05) is 0 Å². The van der Waals surface area contributed by atoms with Gasteiger partial charge in [-0.2, -0.15) is 0 Å². The molecule has 110 valence electrons. The molecule has 0 bridgehead atoms. The number of fused-ring (bicyclic) bond motifs is 1. The molecule has 2 atom stereocenters. The van der Waals surface area contributed by atoms with Gasteiger partial charge in [0.2, 0.25) is 0 Å². The average Bonchev–Trinajstić information content (AvgIpc) is 2.86. The minimum atomic E-state index is 0.189. The minimum Gasteiger partial charge on any atom is -0.394 e. The summed E-state index contributed by atoms with van der Waals surface area (Å²) < 4.78 is 0. The summed E-state index contributed by atoms with van der Waals surface area (Å²) in [6.45, 7) is 3.91. The number of anilines is 1. The minimum absolute atomic E-state index is 0.189. The average molecular weight is 275 g/mol. The van der Waals surface area contributed by atoms with Crippen molar-refractivity contribution >= 4 is 5.82 Å². The highest BCUT2D eigenvalue weighted by Crippen LogP contribution is 2.33. The van der Waals surface area contributed by atoms with Gasteiger partial charge in [0.25, 0.3) is 0 Å². The van der Waals surface area contributed by atoms with Crippen molar-refractivity contribution < 1.29 is 5.11 Å². The number of rotatable bonds is 3. The molecule has 0 aromatic carbocycles. The van der Waals surface area contributed by atoms with Gasteiger partial charge < -0.3 is 15.7 Å². The summed E-state index contributed by atoms with van der Waals surface area (Å²) >= 11 is 0. The molecule has 2 aliphatic rings. The molecular weight excluding hydrogens is 250 g/mol. The number of aliphatic hydroxyl groups excluding tert-OH is 1. The predicted molar refractivity (Wildman–Crippen MR) is 80.8 cm³/mol. The molecule has 1 aromatic rings. The van der Waals surface area contributed by atoms with Crippen LogP contribution in [0.5, 0.6) is 0 Å². The molecule has 20 heavy (non-hydrogen) atoms. The molecule has 2 heterocycles. The number of aliphatic hydroxyl groups is 1. The fourth-order valence-electron chi connectivity index (χ4n) is 3.62. The van der Waals surface area contributed by atoms with Crippen molar-refractivity contribution in [3.05, 3.63) is 22.9 Å².